The molecule has 0 bridgehead atoms. The van der Waals surface area contributed by atoms with Gasteiger partial charge in [0.25, 0.3) is 0 Å². The first kappa shape index (κ1) is 9.27. The molecule has 0 saturated heterocycles. The van der Waals surface area contributed by atoms with Gasteiger partial charge in [0.1, 0.15) is 0 Å². The van der Waals surface area contributed by atoms with Crippen molar-refractivity contribution in [3.63, 3.8) is 0 Å². The topological polar surface area (TPSA) is 26.3 Å². The van der Waals surface area contributed by atoms with Crippen molar-refractivity contribution in [3.05, 3.63) is 20.0 Å². The number of hydrogen-bond donors (Lipinski definition) is 0. The molecule has 0 saturated carbocycles. The van der Waals surface area contributed by atoms with E-state index in [0.29, 0.717) is 0 Å². The van der Waals surface area contributed by atoms with Crippen LogP contribution >= 0.6 is 0 Å². The molecule has 0 aliphatic rings. The molecule has 6 heavy (non-hydrogen) atoms. The summed E-state index contributed by atoms with van der Waals surface area (Å²) < 4.78 is 11.8. The van der Waals surface area contributed by atoms with Crippen molar-refractivity contribution in [1.82, 2.24) is 0 Å². The zero-order chi connectivity index (χ0) is 5.41. The van der Waals surface area contributed by atoms with Gasteiger partial charge in [-0.05, 0) is 0 Å². The van der Waals surface area contributed by atoms with Crippen LogP contribution in [0.5, 0.6) is 0 Å². The Bertz CT molecular complexity index is 30.0. The Morgan fingerprint density at radius 1 is 1.83 bits per heavy atom. The van der Waals surface area contributed by atoms with E-state index in [-0.39, 0.29) is 0 Å². The van der Waals surface area contributed by atoms with Gasteiger partial charge in [-0.2, -0.15) is 7.11 Å². The third kappa shape index (κ3) is 44.3. The van der Waals surface area contributed by atoms with Crippen LogP contribution in [-0.2, 0) is 24.0 Å². The van der Waals surface area contributed by atoms with Crippen LogP contribution in [0.4, 0.5) is 0 Å². The van der Waals surface area contributed by atoms with Crippen LogP contribution in [0.2, 0.25) is 0 Å². The summed E-state index contributed by atoms with van der Waals surface area (Å²) in [6, 6.07) is 0. The molecule has 0 amide bonds. The molecular formula is C3H4NiO2-2. The van der Waals surface area contributed by atoms with Crippen LogP contribution in [0.25, 0.3) is 0 Å². The zero-order valence-corrected chi connectivity index (χ0v) is 3.98. The van der Waals surface area contributed by atoms with Gasteiger partial charge in [0.2, 0.25) is 0 Å². The molecule has 40 valence electrons. The maximum atomic E-state index is 7.88. The van der Waals surface area contributed by atoms with Gasteiger partial charge < -0.3 is 11.3 Å². The minimum absolute atomic E-state index is 1.01. The summed E-state index contributed by atoms with van der Waals surface area (Å²) in [4.78, 5) is 0. The molecule has 0 fully saturated rings. The van der Waals surface area contributed by atoms with E-state index in [0.717, 1.165) is 6.26 Å². The molecule has 3 heteroatoms. The Morgan fingerprint density at radius 2 is 2.00 bits per heavy atom. The van der Waals surface area contributed by atoms with Crippen molar-refractivity contribution in [3.8, 4) is 0 Å². The summed E-state index contributed by atoms with van der Waals surface area (Å²) in [7, 11) is 2.92. The van der Waals surface area contributed by atoms with Gasteiger partial charge in [0.05, 0.1) is 0 Å². The van der Waals surface area contributed by atoms with Crippen molar-refractivity contribution in [2.75, 3.05) is 0 Å². The predicted molar refractivity (Wildman–Crippen MR) is 16.0 cm³/mol. The molecular weight excluding hydrogens is 127 g/mol. The molecule has 0 rings (SSSR count). The summed E-state index contributed by atoms with van der Waals surface area (Å²) in [6.07, 6.45) is 1.01. The van der Waals surface area contributed by atoms with Crippen molar-refractivity contribution < 1.29 is 24.0 Å². The van der Waals surface area contributed by atoms with E-state index < -0.39 is 0 Å². The van der Waals surface area contributed by atoms with E-state index in [2.05, 4.69) is 33.8 Å². The first-order chi connectivity index (χ1) is 2.91. The van der Waals surface area contributed by atoms with Gasteiger partial charge in [0, 0.05) is 0 Å². The van der Waals surface area contributed by atoms with Crippen molar-refractivity contribution in [2.24, 2.45) is 0 Å². The number of hydrogen-bond acceptors (Lipinski definition) is 2. The molecule has 0 aromatic rings. The molecule has 0 atom stereocenters. The maximum absolute atomic E-state index is 7.88. The summed E-state index contributed by atoms with van der Waals surface area (Å²) in [5.41, 5.74) is 0. The Labute approximate surface area is 44.7 Å². The Hall–Kier alpha value is -0.166. The third-order valence-corrected chi connectivity index (χ3v) is 0.0962. The van der Waals surface area contributed by atoms with Gasteiger partial charge in [-0.3, -0.25) is 0 Å². The predicted octanol–water partition coefficient (Wildman–Crippen LogP) is 0.620. The monoisotopic (exact) mass is 130 g/mol. The molecule has 0 radical (unpaired) electrons. The normalized spacial score (nSPS) is 4.50. The second-order valence-corrected chi connectivity index (χ2v) is 0.303. The van der Waals surface area contributed by atoms with Gasteiger partial charge >= 0.3 is 19.3 Å². The van der Waals surface area contributed by atoms with Crippen molar-refractivity contribution in [2.45, 2.75) is 0 Å². The molecule has 0 heterocycles. The first-order valence-corrected chi connectivity index (χ1v) is 1.39. The fourth-order valence-electron chi connectivity index (χ4n) is 0. The second-order valence-electron chi connectivity index (χ2n) is 0.303. The van der Waals surface area contributed by atoms with Gasteiger partial charge in [-0.1, -0.05) is 0 Å². The molecule has 0 spiro atoms. The standard InChI is InChI=1S/C3H4O.Ni.O/c1-3-4-2;;/h1,3H,2H2;;/q-2;;. The van der Waals surface area contributed by atoms with E-state index in [1.54, 1.807) is 0 Å². The fraction of sp³-hybridized carbons (Fsp3) is 0. The quantitative estimate of drug-likeness (QED) is 0.296. The number of ether oxygens (including phenoxy) is 1. The summed E-state index contributed by atoms with van der Waals surface area (Å²) in [6.45, 7) is 4.62. The second kappa shape index (κ2) is 21.1. The van der Waals surface area contributed by atoms with Crippen molar-refractivity contribution in [1.29, 1.82) is 0 Å². The van der Waals surface area contributed by atoms with Crippen LogP contribution < -0.4 is 0 Å². The first-order valence-electron chi connectivity index (χ1n) is 0.987. The Balaban J connectivity index is 0. The molecule has 0 aromatic heterocycles. The van der Waals surface area contributed by atoms with Crippen LogP contribution in [-0.4, -0.2) is 0 Å². The molecule has 0 aliphatic heterocycles. The van der Waals surface area contributed by atoms with Crippen LogP contribution in [0.1, 0.15) is 0 Å². The Morgan fingerprint density at radius 3 is 2.00 bits per heavy atom. The summed E-state index contributed by atoms with van der Waals surface area (Å²) >= 11 is 2.62. The Kier molecular flexibility index (Phi) is 32.7. The average molecular weight is 131 g/mol. The van der Waals surface area contributed by atoms with E-state index in [1.807, 2.05) is 0 Å². The molecule has 0 N–H and O–H groups in total. The fourth-order valence-corrected chi connectivity index (χ4v) is 0. The molecule has 0 aromatic carbocycles. The van der Waals surface area contributed by atoms with Gasteiger partial charge in [-0.25, -0.2) is 0 Å². The van der Waals surface area contributed by atoms with E-state index in [1.165, 1.54) is 0 Å². The minimum atomic E-state index is 1.01. The van der Waals surface area contributed by atoms with Crippen LogP contribution in [0.3, 0.4) is 0 Å². The summed E-state index contributed by atoms with van der Waals surface area (Å²) in [5.74, 6) is 0. The van der Waals surface area contributed by atoms with E-state index in [4.69, 9.17) is 3.90 Å². The zero-order valence-electron chi connectivity index (χ0n) is 2.99. The number of rotatable bonds is 1. The van der Waals surface area contributed by atoms with Crippen molar-refractivity contribution >= 4 is 0 Å². The SMILES string of the molecule is [CH-]=CO[CH2-].[O]=[Ni]. The van der Waals surface area contributed by atoms with Crippen LogP contribution in [0.15, 0.2) is 6.26 Å². The van der Waals surface area contributed by atoms with E-state index >= 15 is 0 Å². The molecule has 2 nitrogen and oxygen atoms in total. The van der Waals surface area contributed by atoms with Crippen LogP contribution in [0, 0.1) is 13.7 Å². The summed E-state index contributed by atoms with van der Waals surface area (Å²) in [5, 5.41) is 0. The van der Waals surface area contributed by atoms with Gasteiger partial charge in [0.15, 0.2) is 0 Å². The molecule has 0 unspecified atom stereocenters. The molecule has 0 aliphatic carbocycles. The average Bonchev–Trinajstić information content (AvgIpc) is 1.72. The van der Waals surface area contributed by atoms with Gasteiger partial charge in [-0.15, -0.1) is 6.26 Å². The third-order valence-electron chi connectivity index (χ3n) is 0.0962. The van der Waals surface area contributed by atoms with E-state index in [9.17, 15) is 0 Å².